The van der Waals surface area contributed by atoms with Crippen molar-refractivity contribution in [2.75, 3.05) is 22.6 Å². The predicted octanol–water partition coefficient (Wildman–Crippen LogP) is 4.18. The van der Waals surface area contributed by atoms with Crippen molar-refractivity contribution in [3.63, 3.8) is 0 Å². The van der Waals surface area contributed by atoms with E-state index in [-0.39, 0.29) is 24.2 Å². The van der Waals surface area contributed by atoms with E-state index in [0.29, 0.717) is 41.7 Å². The zero-order chi connectivity index (χ0) is 26.4. The summed E-state index contributed by atoms with van der Waals surface area (Å²) < 4.78 is 49.8. The predicted molar refractivity (Wildman–Crippen MR) is 128 cm³/mol. The molecule has 1 aliphatic carbocycles. The van der Waals surface area contributed by atoms with Crippen LogP contribution in [0.3, 0.4) is 0 Å². The van der Waals surface area contributed by atoms with Crippen LogP contribution in [-0.2, 0) is 15.7 Å². The molecule has 2 atom stereocenters. The normalized spacial score (nSPS) is 22.9. The number of ether oxygens (including phenoxy) is 2. The van der Waals surface area contributed by atoms with Gasteiger partial charge in [0.15, 0.2) is 5.82 Å². The molecule has 0 aromatic carbocycles. The summed E-state index contributed by atoms with van der Waals surface area (Å²) in [5, 5.41) is 6.21. The number of nitrogens with one attached hydrogen (secondary N) is 2. The summed E-state index contributed by atoms with van der Waals surface area (Å²) in [4.78, 5) is 27.2. The molecule has 0 spiro atoms. The number of carbonyl (C=O) groups excluding carboxylic acids is 1. The Balaban J connectivity index is 1.39. The Morgan fingerprint density at radius 2 is 1.89 bits per heavy atom. The summed E-state index contributed by atoms with van der Waals surface area (Å²) >= 11 is 0. The number of rotatable bonds is 6. The van der Waals surface area contributed by atoms with Crippen molar-refractivity contribution in [3.05, 3.63) is 29.7 Å². The van der Waals surface area contributed by atoms with Crippen LogP contribution in [0, 0.1) is 6.92 Å². The monoisotopic (exact) mass is 508 g/mol. The van der Waals surface area contributed by atoms with Gasteiger partial charge in [-0.05, 0) is 46.8 Å². The van der Waals surface area contributed by atoms with Gasteiger partial charge in [0, 0.05) is 25.9 Å². The van der Waals surface area contributed by atoms with Crippen LogP contribution in [0.1, 0.15) is 51.9 Å². The molecule has 0 saturated heterocycles. The number of likely N-dealkylation sites (N-methyl/N-ethyl adjacent to an activating group) is 1. The standard InChI is InChI=1S/C24H31F3N6O3/c1-12-18-20(33(6)19(21(34)31-18)13(2)36-23(3,4)5)32-22(29-12)30-14-9-16(10-14)35-15-7-8-17(28-11-15)24(25,26)27/h7-8,11,13-14,16,19H,9-10H2,1-6H3,(H,31,34)(H,29,30,32)/t13-,14-,16-,19-/m0/s1. The first-order valence-corrected chi connectivity index (χ1v) is 11.8. The maximum absolute atomic E-state index is 12.8. The first-order valence-electron chi connectivity index (χ1n) is 11.8. The van der Waals surface area contributed by atoms with Gasteiger partial charge < -0.3 is 25.0 Å². The van der Waals surface area contributed by atoms with Crippen LogP contribution in [0.2, 0.25) is 0 Å². The zero-order valence-corrected chi connectivity index (χ0v) is 21.1. The average Bonchev–Trinajstić information content (AvgIpc) is 2.71. The van der Waals surface area contributed by atoms with Crippen molar-refractivity contribution < 1.29 is 27.4 Å². The Bertz CT molecular complexity index is 1110. The third-order valence-corrected chi connectivity index (χ3v) is 6.08. The van der Waals surface area contributed by atoms with Gasteiger partial charge in [-0.2, -0.15) is 18.2 Å². The van der Waals surface area contributed by atoms with E-state index in [9.17, 15) is 18.0 Å². The number of hydrogen-bond donors (Lipinski definition) is 2. The fraction of sp³-hybridized carbons (Fsp3) is 0.583. The molecule has 2 aromatic heterocycles. The Morgan fingerprint density at radius 3 is 2.47 bits per heavy atom. The van der Waals surface area contributed by atoms with E-state index in [1.807, 2.05) is 39.6 Å². The van der Waals surface area contributed by atoms with E-state index in [4.69, 9.17) is 9.47 Å². The van der Waals surface area contributed by atoms with Crippen LogP contribution in [0.15, 0.2) is 18.3 Å². The van der Waals surface area contributed by atoms with Crippen molar-refractivity contribution in [2.45, 2.75) is 83.5 Å². The fourth-order valence-electron chi connectivity index (χ4n) is 4.45. The van der Waals surface area contributed by atoms with Crippen molar-refractivity contribution >= 4 is 23.4 Å². The molecule has 1 fully saturated rings. The summed E-state index contributed by atoms with van der Waals surface area (Å²) in [5.41, 5.74) is -0.162. The van der Waals surface area contributed by atoms with Crippen LogP contribution in [0.5, 0.6) is 5.75 Å². The molecule has 1 saturated carbocycles. The number of aryl methyl sites for hydroxylation is 1. The topological polar surface area (TPSA) is 102 Å². The van der Waals surface area contributed by atoms with Gasteiger partial charge in [-0.1, -0.05) is 0 Å². The van der Waals surface area contributed by atoms with E-state index in [1.54, 1.807) is 6.92 Å². The second kappa shape index (κ2) is 9.38. The number of fused-ring (bicyclic) bond motifs is 1. The lowest BCUT2D eigenvalue weighted by Crippen LogP contribution is -2.54. The van der Waals surface area contributed by atoms with E-state index >= 15 is 0 Å². The van der Waals surface area contributed by atoms with E-state index < -0.39 is 23.5 Å². The molecule has 0 radical (unpaired) electrons. The summed E-state index contributed by atoms with van der Waals surface area (Å²) in [5.74, 6) is 1.15. The molecule has 4 rings (SSSR count). The Kier molecular flexibility index (Phi) is 6.76. The molecular weight excluding hydrogens is 477 g/mol. The molecular formula is C24H31F3N6O3. The third-order valence-electron chi connectivity index (χ3n) is 6.08. The van der Waals surface area contributed by atoms with Gasteiger partial charge in [-0.15, -0.1) is 0 Å². The number of amides is 1. The number of halogens is 3. The molecule has 2 aliphatic rings. The molecule has 3 heterocycles. The van der Waals surface area contributed by atoms with Crippen molar-refractivity contribution in [1.82, 2.24) is 15.0 Å². The van der Waals surface area contributed by atoms with Crippen LogP contribution >= 0.6 is 0 Å². The highest BCUT2D eigenvalue weighted by Gasteiger charge is 2.39. The number of hydrogen-bond acceptors (Lipinski definition) is 8. The first-order chi connectivity index (χ1) is 16.7. The number of nitrogens with zero attached hydrogens (tertiary/aromatic N) is 4. The summed E-state index contributed by atoms with van der Waals surface area (Å²) in [6.45, 7) is 9.49. The second-order valence-corrected chi connectivity index (χ2v) is 10.2. The molecule has 0 bridgehead atoms. The summed E-state index contributed by atoms with van der Waals surface area (Å²) in [6, 6.07) is 1.66. The maximum atomic E-state index is 12.8. The number of pyridine rings is 1. The van der Waals surface area contributed by atoms with Crippen LogP contribution < -0.4 is 20.3 Å². The molecule has 2 N–H and O–H groups in total. The highest BCUT2D eigenvalue weighted by atomic mass is 19.4. The van der Waals surface area contributed by atoms with Crippen LogP contribution in [0.4, 0.5) is 30.6 Å². The lowest BCUT2D eigenvalue weighted by atomic mass is 9.89. The number of alkyl halides is 3. The molecule has 1 aliphatic heterocycles. The molecule has 2 aromatic rings. The number of anilines is 3. The number of aromatic nitrogens is 3. The van der Waals surface area contributed by atoms with Gasteiger partial charge in [0.2, 0.25) is 11.9 Å². The van der Waals surface area contributed by atoms with Crippen LogP contribution in [0.25, 0.3) is 0 Å². The molecule has 36 heavy (non-hydrogen) atoms. The maximum Gasteiger partial charge on any atom is 0.433 e. The number of carbonyl (C=O) groups is 1. The first kappa shape index (κ1) is 25.9. The quantitative estimate of drug-likeness (QED) is 0.599. The zero-order valence-electron chi connectivity index (χ0n) is 21.1. The van der Waals surface area contributed by atoms with E-state index in [1.165, 1.54) is 6.07 Å². The Hall–Kier alpha value is -3.15. The molecule has 0 unspecified atom stereocenters. The molecule has 12 heteroatoms. The van der Waals surface area contributed by atoms with Crippen molar-refractivity contribution in [3.8, 4) is 5.75 Å². The highest BCUT2D eigenvalue weighted by molar-refractivity contribution is 6.03. The lowest BCUT2D eigenvalue weighted by molar-refractivity contribution is -0.141. The van der Waals surface area contributed by atoms with Crippen LogP contribution in [-0.4, -0.2) is 57.8 Å². The SMILES string of the molecule is Cc1nc(N[C@H]2C[C@H](Oc3ccc(C(F)(F)F)nc3)C2)nc2c1NC(=O)[C@H]([C@H](C)OC(C)(C)C)N2C. The average molecular weight is 509 g/mol. The Morgan fingerprint density at radius 1 is 1.19 bits per heavy atom. The fourth-order valence-corrected chi connectivity index (χ4v) is 4.45. The smallest absolute Gasteiger partial charge is 0.433 e. The van der Waals surface area contributed by atoms with Crippen molar-refractivity contribution in [2.24, 2.45) is 0 Å². The molecule has 9 nitrogen and oxygen atoms in total. The van der Waals surface area contributed by atoms with Gasteiger partial charge in [0.1, 0.15) is 29.3 Å². The van der Waals surface area contributed by atoms with Gasteiger partial charge in [-0.3, -0.25) is 4.79 Å². The minimum atomic E-state index is -4.48. The minimum Gasteiger partial charge on any atom is -0.489 e. The lowest BCUT2D eigenvalue weighted by Gasteiger charge is -2.40. The van der Waals surface area contributed by atoms with Crippen molar-refractivity contribution in [1.29, 1.82) is 0 Å². The van der Waals surface area contributed by atoms with Gasteiger partial charge in [0.05, 0.1) is 23.6 Å². The van der Waals surface area contributed by atoms with Gasteiger partial charge in [-0.25, -0.2) is 9.97 Å². The third kappa shape index (κ3) is 5.63. The van der Waals surface area contributed by atoms with E-state index in [2.05, 4.69) is 25.6 Å². The van der Waals surface area contributed by atoms with Gasteiger partial charge >= 0.3 is 6.18 Å². The summed E-state index contributed by atoms with van der Waals surface area (Å²) in [6.07, 6.45) is -2.66. The molecule has 196 valence electrons. The molecule has 1 amide bonds. The minimum absolute atomic E-state index is 0.0392. The van der Waals surface area contributed by atoms with Gasteiger partial charge in [0.25, 0.3) is 0 Å². The largest absolute Gasteiger partial charge is 0.489 e. The van der Waals surface area contributed by atoms with E-state index in [0.717, 1.165) is 12.3 Å². The second-order valence-electron chi connectivity index (χ2n) is 10.2. The highest BCUT2D eigenvalue weighted by Crippen LogP contribution is 2.36. The summed E-state index contributed by atoms with van der Waals surface area (Å²) in [7, 11) is 1.81. The Labute approximate surface area is 207 Å².